The van der Waals surface area contributed by atoms with Crippen molar-refractivity contribution in [2.45, 2.75) is 25.8 Å². The fourth-order valence-corrected chi connectivity index (χ4v) is 3.78. The van der Waals surface area contributed by atoms with Gasteiger partial charge >= 0.3 is 0 Å². The molecule has 0 spiro atoms. The van der Waals surface area contributed by atoms with Crippen LogP contribution in [0.25, 0.3) is 0 Å². The SMILES string of the molecule is CCNC(=NCCCNC(=O)c1cccs1)NC1CC(=O)N(c2ccccc2)C1. The number of aliphatic imine (C=N–C) groups is 1. The summed E-state index contributed by atoms with van der Waals surface area (Å²) in [5.41, 5.74) is 0.922. The number of rotatable bonds is 8. The third-order valence-corrected chi connectivity index (χ3v) is 5.38. The van der Waals surface area contributed by atoms with Crippen LogP contribution >= 0.6 is 11.3 Å². The molecule has 0 aliphatic carbocycles. The van der Waals surface area contributed by atoms with Crippen LogP contribution in [0.5, 0.6) is 0 Å². The van der Waals surface area contributed by atoms with Gasteiger partial charge in [-0.1, -0.05) is 24.3 Å². The highest BCUT2D eigenvalue weighted by Gasteiger charge is 2.30. The van der Waals surface area contributed by atoms with Crippen LogP contribution in [-0.2, 0) is 4.79 Å². The first kappa shape index (κ1) is 20.9. The molecule has 0 bridgehead atoms. The molecule has 8 heteroatoms. The van der Waals surface area contributed by atoms with Crippen LogP contribution in [0.2, 0.25) is 0 Å². The van der Waals surface area contributed by atoms with Gasteiger partial charge in [0.15, 0.2) is 5.96 Å². The molecule has 1 aliphatic rings. The van der Waals surface area contributed by atoms with Crippen molar-refractivity contribution in [1.82, 2.24) is 16.0 Å². The number of benzene rings is 1. The molecule has 1 aliphatic heterocycles. The third-order valence-electron chi connectivity index (χ3n) is 4.51. The van der Waals surface area contributed by atoms with E-state index in [-0.39, 0.29) is 17.9 Å². The molecule has 3 N–H and O–H groups in total. The fourth-order valence-electron chi connectivity index (χ4n) is 3.14. The Morgan fingerprint density at radius 1 is 1.21 bits per heavy atom. The highest BCUT2D eigenvalue weighted by Crippen LogP contribution is 2.20. The largest absolute Gasteiger partial charge is 0.357 e. The first-order valence-corrected chi connectivity index (χ1v) is 10.8. The minimum Gasteiger partial charge on any atom is -0.357 e. The number of hydrogen-bond donors (Lipinski definition) is 3. The van der Waals surface area contributed by atoms with Crippen molar-refractivity contribution >= 4 is 34.8 Å². The molecule has 0 saturated carbocycles. The molecule has 29 heavy (non-hydrogen) atoms. The van der Waals surface area contributed by atoms with Crippen molar-refractivity contribution in [3.05, 3.63) is 52.7 Å². The normalized spacial score (nSPS) is 16.7. The molecule has 2 heterocycles. The number of guanidine groups is 1. The zero-order valence-corrected chi connectivity index (χ0v) is 17.4. The van der Waals surface area contributed by atoms with Gasteiger partial charge in [0.1, 0.15) is 0 Å². The van der Waals surface area contributed by atoms with E-state index in [1.165, 1.54) is 11.3 Å². The summed E-state index contributed by atoms with van der Waals surface area (Å²) < 4.78 is 0. The van der Waals surface area contributed by atoms with Crippen LogP contribution < -0.4 is 20.9 Å². The van der Waals surface area contributed by atoms with Crippen LogP contribution in [0.1, 0.15) is 29.4 Å². The van der Waals surface area contributed by atoms with E-state index in [2.05, 4.69) is 20.9 Å². The lowest BCUT2D eigenvalue weighted by Gasteiger charge is -2.19. The van der Waals surface area contributed by atoms with Gasteiger partial charge in [0.25, 0.3) is 5.91 Å². The highest BCUT2D eigenvalue weighted by atomic mass is 32.1. The van der Waals surface area contributed by atoms with Crippen molar-refractivity contribution in [1.29, 1.82) is 0 Å². The van der Waals surface area contributed by atoms with Gasteiger partial charge in [-0.15, -0.1) is 11.3 Å². The maximum atomic E-state index is 12.4. The van der Waals surface area contributed by atoms with Crippen LogP contribution in [0.3, 0.4) is 0 Å². The van der Waals surface area contributed by atoms with Crippen molar-refractivity contribution in [2.24, 2.45) is 4.99 Å². The summed E-state index contributed by atoms with van der Waals surface area (Å²) in [6.45, 7) is 4.52. The predicted molar refractivity (Wildman–Crippen MR) is 118 cm³/mol. The van der Waals surface area contributed by atoms with E-state index in [0.29, 0.717) is 32.0 Å². The lowest BCUT2D eigenvalue weighted by Crippen LogP contribution is -2.44. The number of nitrogens with one attached hydrogen (secondary N) is 3. The van der Waals surface area contributed by atoms with Crippen LogP contribution in [0, 0.1) is 0 Å². The Morgan fingerprint density at radius 2 is 2.03 bits per heavy atom. The number of carbonyl (C=O) groups is 2. The average Bonchev–Trinajstić information content (AvgIpc) is 3.38. The van der Waals surface area contributed by atoms with Gasteiger partial charge in [-0.3, -0.25) is 14.6 Å². The van der Waals surface area contributed by atoms with Gasteiger partial charge < -0.3 is 20.9 Å². The summed E-state index contributed by atoms with van der Waals surface area (Å²) in [6, 6.07) is 13.4. The summed E-state index contributed by atoms with van der Waals surface area (Å²) in [4.78, 5) is 31.4. The molecule has 7 nitrogen and oxygen atoms in total. The third kappa shape index (κ3) is 6.05. The summed E-state index contributed by atoms with van der Waals surface area (Å²) in [5.74, 6) is 0.769. The van der Waals surface area contributed by atoms with E-state index < -0.39 is 0 Å². The second-order valence-corrected chi connectivity index (χ2v) is 7.68. The maximum absolute atomic E-state index is 12.4. The Labute approximate surface area is 175 Å². The van der Waals surface area contributed by atoms with E-state index in [1.807, 2.05) is 54.8 Å². The Kier molecular flexibility index (Phi) is 7.63. The summed E-state index contributed by atoms with van der Waals surface area (Å²) in [7, 11) is 0. The van der Waals surface area contributed by atoms with E-state index >= 15 is 0 Å². The standard InChI is InChI=1S/C21H27N5O2S/c1-2-22-21(24-12-7-11-23-20(28)18-10-6-13-29-18)25-16-14-19(27)26(15-16)17-8-4-3-5-9-17/h3-6,8-10,13,16H,2,7,11-12,14-15H2,1H3,(H,23,28)(H2,22,24,25). The van der Waals surface area contributed by atoms with Gasteiger partial charge in [0, 0.05) is 38.3 Å². The number of amides is 2. The lowest BCUT2D eigenvalue weighted by molar-refractivity contribution is -0.117. The molecule has 2 amide bonds. The zero-order valence-electron chi connectivity index (χ0n) is 16.6. The van der Waals surface area contributed by atoms with Gasteiger partial charge in [-0.2, -0.15) is 0 Å². The van der Waals surface area contributed by atoms with Gasteiger partial charge in [-0.25, -0.2) is 0 Å². The molecule has 1 fully saturated rings. The summed E-state index contributed by atoms with van der Waals surface area (Å²) in [5, 5.41) is 11.4. The second kappa shape index (κ2) is 10.6. The van der Waals surface area contributed by atoms with Crippen molar-refractivity contribution < 1.29 is 9.59 Å². The number of hydrogen-bond acceptors (Lipinski definition) is 4. The molecule has 1 aromatic heterocycles. The molecule has 0 radical (unpaired) electrons. The number of carbonyl (C=O) groups excluding carboxylic acids is 2. The van der Waals surface area contributed by atoms with Crippen LogP contribution in [-0.4, -0.2) is 50.0 Å². The molecule has 1 unspecified atom stereocenters. The highest BCUT2D eigenvalue weighted by molar-refractivity contribution is 7.12. The number of thiophene rings is 1. The minimum atomic E-state index is -0.0421. The Hall–Kier alpha value is -2.87. The van der Waals surface area contributed by atoms with Crippen LogP contribution in [0.4, 0.5) is 5.69 Å². The Balaban J connectivity index is 1.45. The van der Waals surface area contributed by atoms with Crippen molar-refractivity contribution in [3.8, 4) is 0 Å². The van der Waals surface area contributed by atoms with Gasteiger partial charge in [0.05, 0.1) is 10.9 Å². The molecule has 1 atom stereocenters. The fraction of sp³-hybridized carbons (Fsp3) is 0.381. The van der Waals surface area contributed by atoms with E-state index in [4.69, 9.17) is 0 Å². The Bertz CT molecular complexity index is 823. The first-order chi connectivity index (χ1) is 14.2. The summed E-state index contributed by atoms with van der Waals surface area (Å²) in [6.07, 6.45) is 1.18. The van der Waals surface area contributed by atoms with Crippen molar-refractivity contribution in [3.63, 3.8) is 0 Å². The zero-order chi connectivity index (χ0) is 20.5. The molecule has 3 rings (SSSR count). The quantitative estimate of drug-likeness (QED) is 0.352. The topological polar surface area (TPSA) is 85.8 Å². The number of para-hydroxylation sites is 1. The minimum absolute atomic E-state index is 0.0130. The molecular weight excluding hydrogens is 386 g/mol. The Morgan fingerprint density at radius 3 is 2.76 bits per heavy atom. The van der Waals surface area contributed by atoms with Gasteiger partial charge in [0.2, 0.25) is 5.91 Å². The van der Waals surface area contributed by atoms with E-state index in [9.17, 15) is 9.59 Å². The second-order valence-electron chi connectivity index (χ2n) is 6.73. The molecule has 154 valence electrons. The number of nitrogens with zero attached hydrogens (tertiary/aromatic N) is 2. The first-order valence-electron chi connectivity index (χ1n) is 9.89. The lowest BCUT2D eigenvalue weighted by atomic mass is 10.2. The smallest absolute Gasteiger partial charge is 0.261 e. The summed E-state index contributed by atoms with van der Waals surface area (Å²) >= 11 is 1.43. The molecule has 2 aromatic rings. The van der Waals surface area contributed by atoms with Crippen molar-refractivity contribution in [2.75, 3.05) is 31.1 Å². The molecule has 1 saturated heterocycles. The monoisotopic (exact) mass is 413 g/mol. The molecule has 1 aromatic carbocycles. The average molecular weight is 414 g/mol. The van der Waals surface area contributed by atoms with E-state index in [0.717, 1.165) is 23.5 Å². The molecular formula is C21H27N5O2S. The van der Waals surface area contributed by atoms with Crippen LogP contribution in [0.15, 0.2) is 52.8 Å². The number of anilines is 1. The predicted octanol–water partition coefficient (Wildman–Crippen LogP) is 2.23. The maximum Gasteiger partial charge on any atom is 0.261 e. The van der Waals surface area contributed by atoms with E-state index in [1.54, 1.807) is 4.90 Å². The van der Waals surface area contributed by atoms with Gasteiger partial charge in [-0.05, 0) is 36.9 Å².